The van der Waals surface area contributed by atoms with Gasteiger partial charge in [-0.3, -0.25) is 14.5 Å². The van der Waals surface area contributed by atoms with Crippen molar-refractivity contribution in [2.75, 3.05) is 18.1 Å². The fourth-order valence-electron chi connectivity index (χ4n) is 3.42. The van der Waals surface area contributed by atoms with Crippen LogP contribution in [0.2, 0.25) is 0 Å². The highest BCUT2D eigenvalue weighted by atomic mass is 32.2. The molecule has 0 aromatic heterocycles. The molecule has 0 saturated carbocycles. The Hall–Kier alpha value is -2.42. The predicted molar refractivity (Wildman–Crippen MR) is 98.6 cm³/mol. The first-order valence-electron chi connectivity index (χ1n) is 8.86. The fourth-order valence-corrected chi connectivity index (χ4v) is 5.10. The molecule has 0 aliphatic carbocycles. The van der Waals surface area contributed by atoms with Gasteiger partial charge in [-0.15, -0.1) is 0 Å². The van der Waals surface area contributed by atoms with Crippen LogP contribution in [0, 0.1) is 0 Å². The van der Waals surface area contributed by atoms with E-state index in [1.807, 2.05) is 30.3 Å². The molecule has 146 valence electrons. The number of amides is 4. The van der Waals surface area contributed by atoms with Crippen LogP contribution >= 0.6 is 0 Å². The average molecular weight is 393 g/mol. The van der Waals surface area contributed by atoms with Gasteiger partial charge in [0.2, 0.25) is 5.91 Å². The number of nitrogens with one attached hydrogen (secondary N) is 2. The molecule has 3 rings (SSSR count). The van der Waals surface area contributed by atoms with Gasteiger partial charge in [-0.2, -0.15) is 0 Å². The van der Waals surface area contributed by atoms with Gasteiger partial charge in [-0.1, -0.05) is 30.3 Å². The molecule has 1 aromatic carbocycles. The minimum absolute atomic E-state index is 0.0403. The summed E-state index contributed by atoms with van der Waals surface area (Å²) in [5, 5.41) is 5.27. The number of rotatable bonds is 6. The molecule has 0 spiro atoms. The van der Waals surface area contributed by atoms with Gasteiger partial charge >= 0.3 is 6.03 Å². The van der Waals surface area contributed by atoms with E-state index in [2.05, 4.69) is 10.6 Å². The first-order valence-corrected chi connectivity index (χ1v) is 10.7. The number of nitrogens with zero attached hydrogens (tertiary/aromatic N) is 1. The summed E-state index contributed by atoms with van der Waals surface area (Å²) < 4.78 is 22.9. The van der Waals surface area contributed by atoms with Crippen LogP contribution in [0.5, 0.6) is 0 Å². The van der Waals surface area contributed by atoms with E-state index in [9.17, 15) is 22.8 Å². The van der Waals surface area contributed by atoms with E-state index in [0.717, 1.165) is 10.5 Å². The number of benzene rings is 1. The Morgan fingerprint density at radius 2 is 2.00 bits per heavy atom. The van der Waals surface area contributed by atoms with Crippen LogP contribution in [0.4, 0.5) is 4.79 Å². The summed E-state index contributed by atoms with van der Waals surface area (Å²) >= 11 is 0. The average Bonchev–Trinajstić information content (AvgIpc) is 3.05. The topological polar surface area (TPSA) is 113 Å². The number of hydrogen-bond donors (Lipinski definition) is 2. The molecule has 2 N–H and O–H groups in total. The van der Waals surface area contributed by atoms with Crippen molar-refractivity contribution < 1.29 is 22.8 Å². The normalized spacial score (nSPS) is 26.9. The molecular weight excluding hydrogens is 370 g/mol. The Labute approximate surface area is 158 Å². The fraction of sp³-hybridized carbons (Fsp3) is 0.500. The van der Waals surface area contributed by atoms with E-state index in [-0.39, 0.29) is 11.5 Å². The number of carbonyl (C=O) groups excluding carboxylic acids is 3. The zero-order valence-electron chi connectivity index (χ0n) is 15.1. The Bertz CT molecular complexity index is 855. The van der Waals surface area contributed by atoms with Gasteiger partial charge in [0, 0.05) is 6.04 Å². The molecule has 27 heavy (non-hydrogen) atoms. The van der Waals surface area contributed by atoms with Crippen molar-refractivity contribution in [2.45, 2.75) is 37.8 Å². The maximum absolute atomic E-state index is 12.7. The lowest BCUT2D eigenvalue weighted by Gasteiger charge is -2.21. The Morgan fingerprint density at radius 3 is 2.63 bits per heavy atom. The minimum atomic E-state index is -3.12. The molecule has 4 amide bonds. The lowest BCUT2D eigenvalue weighted by molar-refractivity contribution is -0.134. The molecule has 2 atom stereocenters. The quantitative estimate of drug-likeness (QED) is 0.672. The van der Waals surface area contributed by atoms with E-state index in [4.69, 9.17) is 0 Å². The number of sulfone groups is 1. The Morgan fingerprint density at radius 1 is 1.30 bits per heavy atom. The summed E-state index contributed by atoms with van der Waals surface area (Å²) in [6.45, 7) is 1.24. The molecule has 1 aromatic rings. The van der Waals surface area contributed by atoms with E-state index < -0.39 is 45.8 Å². The first-order chi connectivity index (χ1) is 12.7. The predicted octanol–water partition coefficient (Wildman–Crippen LogP) is 0.233. The Balaban J connectivity index is 1.57. The highest BCUT2D eigenvalue weighted by Gasteiger charge is 2.48. The van der Waals surface area contributed by atoms with Crippen molar-refractivity contribution >= 4 is 27.7 Å². The molecule has 0 radical (unpaired) electrons. The van der Waals surface area contributed by atoms with Crippen LogP contribution in [-0.2, 0) is 25.8 Å². The third-order valence-electron chi connectivity index (χ3n) is 5.00. The van der Waals surface area contributed by atoms with Gasteiger partial charge in [0.15, 0.2) is 9.84 Å². The number of hydrogen-bond acceptors (Lipinski definition) is 5. The number of carbonyl (C=O) groups is 3. The maximum Gasteiger partial charge on any atom is 0.325 e. The number of urea groups is 1. The van der Waals surface area contributed by atoms with Gasteiger partial charge in [0.25, 0.3) is 5.91 Å². The summed E-state index contributed by atoms with van der Waals surface area (Å²) in [4.78, 5) is 38.0. The molecular formula is C18H23N3O5S. The van der Waals surface area contributed by atoms with Gasteiger partial charge in [-0.25, -0.2) is 13.2 Å². The maximum atomic E-state index is 12.7. The third kappa shape index (κ3) is 4.47. The molecule has 0 bridgehead atoms. The van der Waals surface area contributed by atoms with Crippen molar-refractivity contribution in [2.24, 2.45) is 0 Å². The highest BCUT2D eigenvalue weighted by molar-refractivity contribution is 7.91. The smallest absolute Gasteiger partial charge is 0.325 e. The molecule has 2 fully saturated rings. The summed E-state index contributed by atoms with van der Waals surface area (Å²) in [7, 11) is -3.12. The second-order valence-corrected chi connectivity index (χ2v) is 9.54. The summed E-state index contributed by atoms with van der Waals surface area (Å²) in [5.74, 6) is -1.04. The summed E-state index contributed by atoms with van der Waals surface area (Å²) in [5.41, 5.74) is -0.0106. The van der Waals surface area contributed by atoms with Gasteiger partial charge in [-0.05, 0) is 31.7 Å². The van der Waals surface area contributed by atoms with Crippen molar-refractivity contribution in [3.8, 4) is 0 Å². The number of aryl methyl sites for hydroxylation is 1. The Kier molecular flexibility index (Phi) is 5.23. The standard InChI is InChI=1S/C18H23N3O5S/c1-18(9-7-13-5-3-2-4-6-13)16(23)21(17(24)20-18)11-15(22)19-14-8-10-27(25,26)12-14/h2-6,14H,7-12H2,1H3,(H,19,22)(H,20,24)/t14-,18-/m1/s1. The van der Waals surface area contributed by atoms with Crippen LogP contribution in [0.1, 0.15) is 25.3 Å². The highest BCUT2D eigenvalue weighted by Crippen LogP contribution is 2.23. The van der Waals surface area contributed by atoms with Crippen molar-refractivity contribution in [3.63, 3.8) is 0 Å². The van der Waals surface area contributed by atoms with Crippen LogP contribution < -0.4 is 10.6 Å². The van der Waals surface area contributed by atoms with Gasteiger partial charge in [0.05, 0.1) is 11.5 Å². The van der Waals surface area contributed by atoms with Crippen LogP contribution in [0.15, 0.2) is 30.3 Å². The van der Waals surface area contributed by atoms with E-state index in [0.29, 0.717) is 19.3 Å². The summed E-state index contributed by atoms with van der Waals surface area (Å²) in [6.07, 6.45) is 1.38. The third-order valence-corrected chi connectivity index (χ3v) is 6.77. The first kappa shape index (κ1) is 19.3. The van der Waals surface area contributed by atoms with Crippen molar-refractivity contribution in [3.05, 3.63) is 35.9 Å². The van der Waals surface area contributed by atoms with E-state index >= 15 is 0 Å². The molecule has 0 unspecified atom stereocenters. The second-order valence-electron chi connectivity index (χ2n) is 7.31. The van der Waals surface area contributed by atoms with E-state index in [1.165, 1.54) is 0 Å². The van der Waals surface area contributed by atoms with Crippen molar-refractivity contribution in [1.82, 2.24) is 15.5 Å². The van der Waals surface area contributed by atoms with E-state index in [1.54, 1.807) is 6.92 Å². The molecule has 2 heterocycles. The van der Waals surface area contributed by atoms with Crippen LogP contribution in [0.3, 0.4) is 0 Å². The molecule has 9 heteroatoms. The lowest BCUT2D eigenvalue weighted by atomic mass is 9.93. The lowest BCUT2D eigenvalue weighted by Crippen LogP contribution is -2.46. The zero-order valence-corrected chi connectivity index (χ0v) is 15.9. The SMILES string of the molecule is C[C@]1(CCc2ccccc2)NC(=O)N(CC(=O)N[C@@H]2CCS(=O)(=O)C2)C1=O. The minimum Gasteiger partial charge on any atom is -0.351 e. The monoisotopic (exact) mass is 393 g/mol. The van der Waals surface area contributed by atoms with Crippen molar-refractivity contribution in [1.29, 1.82) is 0 Å². The largest absolute Gasteiger partial charge is 0.351 e. The zero-order chi connectivity index (χ0) is 19.7. The molecule has 2 saturated heterocycles. The molecule has 2 aliphatic rings. The van der Waals surface area contributed by atoms with Gasteiger partial charge in [0.1, 0.15) is 12.1 Å². The van der Waals surface area contributed by atoms with Gasteiger partial charge < -0.3 is 10.6 Å². The summed E-state index contributed by atoms with van der Waals surface area (Å²) in [6, 6.07) is 8.55. The molecule has 8 nitrogen and oxygen atoms in total. The number of imide groups is 1. The molecule has 2 aliphatic heterocycles. The second kappa shape index (κ2) is 7.30. The van der Waals surface area contributed by atoms with Crippen LogP contribution in [0.25, 0.3) is 0 Å². The van der Waals surface area contributed by atoms with Crippen LogP contribution in [-0.4, -0.2) is 60.8 Å².